The van der Waals surface area contributed by atoms with Crippen LogP contribution >= 0.6 is 11.3 Å². The van der Waals surface area contributed by atoms with Crippen LogP contribution in [0.5, 0.6) is 0 Å². The molecule has 2 N–H and O–H groups in total. The van der Waals surface area contributed by atoms with Gasteiger partial charge in [0.05, 0.1) is 0 Å². The zero-order valence-electron chi connectivity index (χ0n) is 14.8. The molecule has 4 nitrogen and oxygen atoms in total. The Morgan fingerprint density at radius 1 is 1.08 bits per heavy atom. The molecule has 25 heavy (non-hydrogen) atoms. The van der Waals surface area contributed by atoms with E-state index in [0.29, 0.717) is 13.1 Å². The van der Waals surface area contributed by atoms with Gasteiger partial charge in [0.2, 0.25) is 0 Å². The van der Waals surface area contributed by atoms with Gasteiger partial charge in [-0.3, -0.25) is 9.59 Å². The number of hydrogen-bond acceptors (Lipinski definition) is 3. The van der Waals surface area contributed by atoms with E-state index in [9.17, 15) is 9.59 Å². The van der Waals surface area contributed by atoms with Crippen molar-refractivity contribution in [2.45, 2.75) is 63.2 Å². The highest BCUT2D eigenvalue weighted by atomic mass is 32.1. The second-order valence-electron chi connectivity index (χ2n) is 7.26. The van der Waals surface area contributed by atoms with Crippen LogP contribution in [0.4, 0.5) is 0 Å². The van der Waals surface area contributed by atoms with E-state index >= 15 is 0 Å². The van der Waals surface area contributed by atoms with Gasteiger partial charge in [0.15, 0.2) is 0 Å². The van der Waals surface area contributed by atoms with Gasteiger partial charge in [-0.2, -0.15) is 0 Å². The molecule has 2 aliphatic carbocycles. The fourth-order valence-electron chi connectivity index (χ4n) is 4.02. The number of nitrogens with one attached hydrogen (secondary N) is 2. The lowest BCUT2D eigenvalue weighted by Crippen LogP contribution is -2.45. The fraction of sp³-hybridized carbons (Fsp3) is 0.600. The van der Waals surface area contributed by atoms with Crippen LogP contribution in [0.2, 0.25) is 0 Å². The number of allylic oxidation sites excluding steroid dienone is 1. The lowest BCUT2D eigenvalue weighted by molar-refractivity contribution is -0.139. The molecule has 2 amide bonds. The number of carbonyl (C=O) groups is 2. The molecule has 1 saturated carbocycles. The van der Waals surface area contributed by atoms with Crippen LogP contribution < -0.4 is 10.6 Å². The molecule has 0 aliphatic heterocycles. The molecule has 136 valence electrons. The van der Waals surface area contributed by atoms with Crippen LogP contribution in [0.1, 0.15) is 62.7 Å². The van der Waals surface area contributed by atoms with E-state index in [4.69, 9.17) is 0 Å². The topological polar surface area (TPSA) is 58.2 Å². The van der Waals surface area contributed by atoms with Crippen LogP contribution in [0, 0.1) is 0 Å². The molecular formula is C20H28N2O2S. The SMILES string of the molecule is O=C(NCCC1=CCCCC1)C(=O)NCC1(c2cccs2)CCCC1. The molecule has 0 saturated heterocycles. The number of rotatable bonds is 6. The van der Waals surface area contributed by atoms with Crippen molar-refractivity contribution in [1.29, 1.82) is 0 Å². The number of hydrogen-bond donors (Lipinski definition) is 2. The average Bonchev–Trinajstić information content (AvgIpc) is 3.33. The smallest absolute Gasteiger partial charge is 0.309 e. The molecule has 0 spiro atoms. The monoisotopic (exact) mass is 360 g/mol. The summed E-state index contributed by atoms with van der Waals surface area (Å²) >= 11 is 1.75. The predicted molar refractivity (Wildman–Crippen MR) is 102 cm³/mol. The lowest BCUT2D eigenvalue weighted by atomic mass is 9.84. The normalized spacial score (nSPS) is 19.3. The van der Waals surface area contributed by atoms with Crippen molar-refractivity contribution in [3.63, 3.8) is 0 Å². The summed E-state index contributed by atoms with van der Waals surface area (Å²) in [6.45, 7) is 1.11. The Labute approximate surface area is 154 Å². The van der Waals surface area contributed by atoms with Crippen molar-refractivity contribution >= 4 is 23.2 Å². The van der Waals surface area contributed by atoms with Gasteiger partial charge in [0, 0.05) is 23.4 Å². The van der Waals surface area contributed by atoms with Gasteiger partial charge < -0.3 is 10.6 Å². The molecule has 5 heteroatoms. The van der Waals surface area contributed by atoms with E-state index in [1.165, 1.54) is 36.1 Å². The summed E-state index contributed by atoms with van der Waals surface area (Å²) in [5, 5.41) is 7.73. The third kappa shape index (κ3) is 4.72. The Morgan fingerprint density at radius 3 is 2.56 bits per heavy atom. The highest BCUT2D eigenvalue weighted by Gasteiger charge is 2.37. The van der Waals surface area contributed by atoms with Gasteiger partial charge in [-0.05, 0) is 56.4 Å². The Hall–Kier alpha value is -1.62. The summed E-state index contributed by atoms with van der Waals surface area (Å²) in [4.78, 5) is 25.5. The maximum atomic E-state index is 12.2. The Kier molecular flexibility index (Phi) is 6.29. The number of thiophene rings is 1. The van der Waals surface area contributed by atoms with Crippen molar-refractivity contribution in [3.05, 3.63) is 34.0 Å². The second-order valence-corrected chi connectivity index (χ2v) is 8.21. The third-order valence-electron chi connectivity index (χ3n) is 5.51. The minimum Gasteiger partial charge on any atom is -0.348 e. The third-order valence-corrected chi connectivity index (χ3v) is 6.63. The summed E-state index contributed by atoms with van der Waals surface area (Å²) in [6, 6.07) is 4.22. The molecule has 2 aliphatic rings. The maximum Gasteiger partial charge on any atom is 0.309 e. The van der Waals surface area contributed by atoms with Crippen molar-refractivity contribution in [2.24, 2.45) is 0 Å². The van der Waals surface area contributed by atoms with Crippen molar-refractivity contribution in [2.75, 3.05) is 13.1 Å². The van der Waals surface area contributed by atoms with Gasteiger partial charge in [-0.25, -0.2) is 0 Å². The molecule has 1 heterocycles. The lowest BCUT2D eigenvalue weighted by Gasteiger charge is -2.28. The average molecular weight is 361 g/mol. The predicted octanol–water partition coefficient (Wildman–Crippen LogP) is 3.68. The standard InChI is InChI=1S/C20H28N2O2S/c23-18(21-13-10-16-7-2-1-3-8-16)19(24)22-15-20(11-4-5-12-20)17-9-6-14-25-17/h6-7,9,14H,1-5,8,10-13,15H2,(H,21,23)(H,22,24). The molecule has 1 aromatic rings. The summed E-state index contributed by atoms with van der Waals surface area (Å²) in [5.41, 5.74) is 1.44. The minimum absolute atomic E-state index is 0.0248. The van der Waals surface area contributed by atoms with E-state index in [1.807, 2.05) is 0 Å². The van der Waals surface area contributed by atoms with Crippen molar-refractivity contribution in [3.8, 4) is 0 Å². The van der Waals surface area contributed by atoms with Crippen LogP contribution in [0.15, 0.2) is 29.2 Å². The van der Waals surface area contributed by atoms with E-state index in [-0.39, 0.29) is 5.41 Å². The van der Waals surface area contributed by atoms with Crippen molar-refractivity contribution in [1.82, 2.24) is 10.6 Å². The van der Waals surface area contributed by atoms with Crippen LogP contribution in [-0.4, -0.2) is 24.9 Å². The van der Waals surface area contributed by atoms with Crippen LogP contribution in [-0.2, 0) is 15.0 Å². The Bertz CT molecular complexity index is 616. The van der Waals surface area contributed by atoms with Gasteiger partial charge in [0.25, 0.3) is 0 Å². The first kappa shape index (κ1) is 18.2. The molecule has 1 fully saturated rings. The van der Waals surface area contributed by atoms with Gasteiger partial charge in [-0.15, -0.1) is 11.3 Å². The zero-order chi connectivity index (χ0) is 17.5. The van der Waals surface area contributed by atoms with E-state index in [0.717, 1.165) is 32.1 Å². The molecule has 0 atom stereocenters. The minimum atomic E-state index is -0.504. The molecule has 3 rings (SSSR count). The molecule has 1 aromatic heterocycles. The Balaban J connectivity index is 1.45. The molecule has 0 aromatic carbocycles. The van der Waals surface area contributed by atoms with Crippen LogP contribution in [0.3, 0.4) is 0 Å². The quantitative estimate of drug-likeness (QED) is 0.600. The summed E-state index contributed by atoms with van der Waals surface area (Å²) in [7, 11) is 0. The Morgan fingerprint density at radius 2 is 1.88 bits per heavy atom. The van der Waals surface area contributed by atoms with Crippen molar-refractivity contribution < 1.29 is 9.59 Å². The second kappa shape index (κ2) is 8.65. The van der Waals surface area contributed by atoms with E-state index < -0.39 is 11.8 Å². The van der Waals surface area contributed by atoms with Crippen LogP contribution in [0.25, 0.3) is 0 Å². The molecule has 0 unspecified atom stereocenters. The number of carbonyl (C=O) groups excluding carboxylic acids is 2. The highest BCUT2D eigenvalue weighted by molar-refractivity contribution is 7.10. The van der Waals surface area contributed by atoms with Gasteiger partial charge >= 0.3 is 11.8 Å². The first-order valence-corrected chi connectivity index (χ1v) is 10.4. The maximum absolute atomic E-state index is 12.2. The summed E-state index contributed by atoms with van der Waals surface area (Å²) in [6.07, 6.45) is 12.5. The number of amides is 2. The van der Waals surface area contributed by atoms with Gasteiger partial charge in [-0.1, -0.05) is 30.6 Å². The molecule has 0 radical (unpaired) electrons. The zero-order valence-corrected chi connectivity index (χ0v) is 15.6. The largest absolute Gasteiger partial charge is 0.348 e. The highest BCUT2D eigenvalue weighted by Crippen LogP contribution is 2.42. The first-order valence-electron chi connectivity index (χ1n) is 9.48. The first-order chi connectivity index (χ1) is 12.2. The van der Waals surface area contributed by atoms with E-state index in [1.54, 1.807) is 11.3 Å². The van der Waals surface area contributed by atoms with Gasteiger partial charge in [0.1, 0.15) is 0 Å². The van der Waals surface area contributed by atoms with E-state index in [2.05, 4.69) is 34.2 Å². The molecule has 0 bridgehead atoms. The fourth-order valence-corrected chi connectivity index (χ4v) is 5.01. The summed E-state index contributed by atoms with van der Waals surface area (Å²) < 4.78 is 0. The molecular weight excluding hydrogens is 332 g/mol. The summed E-state index contributed by atoms with van der Waals surface area (Å²) in [5.74, 6) is -1.00.